The number of fused-ring (bicyclic) bond motifs is 1. The van der Waals surface area contributed by atoms with Crippen LogP contribution in [0.2, 0.25) is 0 Å². The lowest BCUT2D eigenvalue weighted by molar-refractivity contribution is -0.133. The molecule has 1 atom stereocenters. The molecule has 2 fully saturated rings. The van der Waals surface area contributed by atoms with Crippen LogP contribution in [0.15, 0.2) is 95.6 Å². The Morgan fingerprint density at radius 3 is 2.47 bits per heavy atom. The van der Waals surface area contributed by atoms with Crippen LogP contribution in [-0.2, 0) is 11.3 Å². The molecule has 6 aromatic rings. The minimum absolute atomic E-state index is 0.0676. The van der Waals surface area contributed by atoms with Gasteiger partial charge in [0.05, 0.1) is 24.3 Å². The Morgan fingerprint density at radius 1 is 0.939 bits per heavy atom. The molecular formula is C37H35BrN8O3. The van der Waals surface area contributed by atoms with Crippen LogP contribution >= 0.6 is 15.9 Å². The summed E-state index contributed by atoms with van der Waals surface area (Å²) in [4.78, 5) is 31.0. The zero-order chi connectivity index (χ0) is 33.5. The molecule has 0 bridgehead atoms. The van der Waals surface area contributed by atoms with E-state index >= 15 is 0 Å². The first-order chi connectivity index (χ1) is 24.0. The minimum atomic E-state index is -0.381. The monoisotopic (exact) mass is 718 g/mol. The highest BCUT2D eigenvalue weighted by Crippen LogP contribution is 2.33. The maximum Gasteiger partial charge on any atom is 0.273 e. The molecule has 11 nitrogen and oxygen atoms in total. The molecule has 2 aliphatic heterocycles. The number of likely N-dealkylation sites (tertiary alicyclic amines) is 2. The molecule has 0 saturated carbocycles. The predicted octanol–water partition coefficient (Wildman–Crippen LogP) is 6.19. The largest absolute Gasteiger partial charge is 0.497 e. The van der Waals surface area contributed by atoms with Gasteiger partial charge in [0, 0.05) is 47.8 Å². The molecule has 8 rings (SSSR count). The van der Waals surface area contributed by atoms with Crippen LogP contribution in [0.5, 0.6) is 5.75 Å². The lowest BCUT2D eigenvalue weighted by Gasteiger charge is -2.36. The summed E-state index contributed by atoms with van der Waals surface area (Å²) in [5.41, 5.74) is 6.14. The van der Waals surface area contributed by atoms with Crippen molar-refractivity contribution in [2.75, 3.05) is 26.7 Å². The van der Waals surface area contributed by atoms with Crippen molar-refractivity contribution < 1.29 is 14.3 Å². The fraction of sp³-hybridized carbons (Fsp3) is 0.270. The van der Waals surface area contributed by atoms with Crippen LogP contribution in [0.1, 0.15) is 41.5 Å². The van der Waals surface area contributed by atoms with Gasteiger partial charge in [-0.25, -0.2) is 4.68 Å². The van der Waals surface area contributed by atoms with Gasteiger partial charge in [-0.15, -0.1) is 5.10 Å². The Balaban J connectivity index is 0.914. The number of ether oxygens (including phenoxy) is 1. The van der Waals surface area contributed by atoms with Crippen molar-refractivity contribution in [3.05, 3.63) is 107 Å². The molecule has 0 spiro atoms. The second-order valence-corrected chi connectivity index (χ2v) is 13.4. The summed E-state index contributed by atoms with van der Waals surface area (Å²) in [6.07, 6.45) is 4.02. The number of benzene rings is 3. The lowest BCUT2D eigenvalue weighted by Crippen LogP contribution is -2.47. The van der Waals surface area contributed by atoms with Gasteiger partial charge >= 0.3 is 0 Å². The molecule has 248 valence electrons. The average Bonchev–Trinajstić information content (AvgIpc) is 3.94. The molecule has 0 aliphatic carbocycles. The number of hydrogen-bond donors (Lipinski definition) is 1. The van der Waals surface area contributed by atoms with Crippen molar-refractivity contribution in [3.8, 4) is 28.3 Å². The molecule has 5 heterocycles. The topological polar surface area (TPSA) is 114 Å². The fourth-order valence-corrected chi connectivity index (χ4v) is 7.75. The summed E-state index contributed by atoms with van der Waals surface area (Å²) < 4.78 is 9.89. The molecule has 12 heteroatoms. The molecule has 1 N–H and O–H groups in total. The fourth-order valence-electron chi connectivity index (χ4n) is 7.17. The summed E-state index contributed by atoms with van der Waals surface area (Å²) in [5.74, 6) is 0.713. The Labute approximate surface area is 291 Å². The van der Waals surface area contributed by atoms with E-state index in [2.05, 4.69) is 77.4 Å². The van der Waals surface area contributed by atoms with E-state index in [4.69, 9.17) is 4.74 Å². The zero-order valence-electron chi connectivity index (χ0n) is 27.0. The Bertz CT molecular complexity index is 2130. The van der Waals surface area contributed by atoms with Crippen LogP contribution in [-0.4, -0.2) is 84.2 Å². The second-order valence-electron chi connectivity index (χ2n) is 12.6. The van der Waals surface area contributed by atoms with Crippen LogP contribution < -0.4 is 4.74 Å². The molecule has 3 aromatic carbocycles. The van der Waals surface area contributed by atoms with Crippen LogP contribution in [0.4, 0.5) is 0 Å². The second kappa shape index (κ2) is 13.0. The van der Waals surface area contributed by atoms with Gasteiger partial charge in [0.15, 0.2) is 0 Å². The van der Waals surface area contributed by atoms with Crippen LogP contribution in [0.3, 0.4) is 0 Å². The highest BCUT2D eigenvalue weighted by atomic mass is 79.9. The Kier molecular flexibility index (Phi) is 8.24. The number of piperidine rings is 1. The number of H-pyrrole nitrogens is 1. The number of aromatic amines is 1. The third kappa shape index (κ3) is 5.79. The number of nitrogens with zero attached hydrogens (tertiary/aromatic N) is 7. The maximum atomic E-state index is 13.7. The Morgan fingerprint density at radius 2 is 1.69 bits per heavy atom. The van der Waals surface area contributed by atoms with E-state index < -0.39 is 0 Å². The zero-order valence-corrected chi connectivity index (χ0v) is 28.6. The number of nitrogens with one attached hydrogen (secondary N) is 1. The first-order valence-electron chi connectivity index (χ1n) is 16.5. The highest BCUT2D eigenvalue weighted by molar-refractivity contribution is 9.10. The molecule has 2 amide bonds. The number of hydrogen-bond acceptors (Lipinski definition) is 6. The molecule has 2 aliphatic rings. The summed E-state index contributed by atoms with van der Waals surface area (Å²) >= 11 is 3.60. The van der Waals surface area contributed by atoms with Crippen LogP contribution in [0, 0.1) is 0 Å². The first-order valence-corrected chi connectivity index (χ1v) is 17.3. The van der Waals surface area contributed by atoms with Crippen molar-refractivity contribution in [2.24, 2.45) is 0 Å². The number of para-hydroxylation sites is 1. The van der Waals surface area contributed by atoms with Gasteiger partial charge in [-0.3, -0.25) is 14.7 Å². The van der Waals surface area contributed by atoms with E-state index in [1.807, 2.05) is 64.5 Å². The van der Waals surface area contributed by atoms with E-state index in [-0.39, 0.29) is 23.9 Å². The Hall–Kier alpha value is -5.23. The van der Waals surface area contributed by atoms with E-state index in [0.717, 1.165) is 33.8 Å². The van der Waals surface area contributed by atoms with Crippen molar-refractivity contribution in [3.63, 3.8) is 0 Å². The molecular weight excluding hydrogens is 684 g/mol. The van der Waals surface area contributed by atoms with Gasteiger partial charge in [0.1, 0.15) is 28.9 Å². The van der Waals surface area contributed by atoms with Crippen molar-refractivity contribution in [1.82, 2.24) is 39.6 Å². The molecule has 3 aromatic heterocycles. The van der Waals surface area contributed by atoms with E-state index in [1.54, 1.807) is 11.8 Å². The molecule has 1 unspecified atom stereocenters. The number of amides is 2. The smallest absolute Gasteiger partial charge is 0.273 e. The maximum absolute atomic E-state index is 13.7. The third-order valence-electron chi connectivity index (χ3n) is 9.77. The normalized spacial score (nSPS) is 16.9. The van der Waals surface area contributed by atoms with E-state index in [9.17, 15) is 9.59 Å². The average molecular weight is 720 g/mol. The van der Waals surface area contributed by atoms with Crippen LogP contribution in [0.25, 0.3) is 33.4 Å². The van der Waals surface area contributed by atoms with Gasteiger partial charge in [0.25, 0.3) is 5.91 Å². The SMILES string of the molecule is COc1ccc(-c2n[nH]c(C(=O)N3CCC(N4CCC(n5cc(Cn6c(-c7ccccc7)cc7ccccc76)nn5)C4=O)CC3)c2Br)cc1. The standard InChI is InChI=1S/C37H35BrN8O3/c1-49-29-13-11-25(12-14-29)34-33(38)35(41-40-34)37(48)43-18-15-28(16-19-43)44-20-17-31(36(44)47)46-23-27(39-42-46)22-45-30-10-6-5-9-26(30)21-32(45)24-7-3-2-4-8-24/h2-14,21,23,28,31H,15-20,22H2,1H3,(H,40,41). The summed E-state index contributed by atoms with van der Waals surface area (Å²) in [7, 11) is 1.62. The van der Waals surface area contributed by atoms with Gasteiger partial charge in [-0.1, -0.05) is 53.7 Å². The molecule has 49 heavy (non-hydrogen) atoms. The number of halogens is 1. The van der Waals surface area contributed by atoms with Gasteiger partial charge < -0.3 is 19.1 Å². The highest BCUT2D eigenvalue weighted by Gasteiger charge is 2.39. The number of rotatable bonds is 8. The predicted molar refractivity (Wildman–Crippen MR) is 189 cm³/mol. The van der Waals surface area contributed by atoms with Gasteiger partial charge in [0.2, 0.25) is 5.91 Å². The van der Waals surface area contributed by atoms with Crippen molar-refractivity contribution >= 4 is 38.6 Å². The minimum Gasteiger partial charge on any atom is -0.497 e. The molecule has 0 radical (unpaired) electrons. The van der Waals surface area contributed by atoms with Gasteiger partial charge in [-0.05, 0) is 77.2 Å². The summed E-state index contributed by atoms with van der Waals surface area (Å²) in [6, 6.07) is 28.1. The summed E-state index contributed by atoms with van der Waals surface area (Å²) in [5, 5.41) is 17.4. The number of carbonyl (C=O) groups is 2. The van der Waals surface area contributed by atoms with Crippen molar-refractivity contribution in [1.29, 1.82) is 0 Å². The van der Waals surface area contributed by atoms with E-state index in [0.29, 0.717) is 61.3 Å². The van der Waals surface area contributed by atoms with Crippen molar-refractivity contribution in [2.45, 2.75) is 37.9 Å². The quantitative estimate of drug-likeness (QED) is 0.201. The lowest BCUT2D eigenvalue weighted by atomic mass is 10.0. The summed E-state index contributed by atoms with van der Waals surface area (Å²) in [6.45, 7) is 2.32. The first kappa shape index (κ1) is 31.1. The number of carbonyl (C=O) groups excluding carboxylic acids is 2. The molecule has 2 saturated heterocycles. The third-order valence-corrected chi connectivity index (χ3v) is 10.5. The number of methoxy groups -OCH3 is 1. The van der Waals surface area contributed by atoms with Gasteiger partial charge in [-0.2, -0.15) is 5.10 Å². The number of aromatic nitrogens is 6. The van der Waals surface area contributed by atoms with E-state index in [1.165, 1.54) is 5.39 Å².